The van der Waals surface area contributed by atoms with E-state index >= 15 is 0 Å². The van der Waals surface area contributed by atoms with E-state index in [1.165, 1.54) is 18.2 Å². The lowest BCUT2D eigenvalue weighted by Crippen LogP contribution is -2.41. The van der Waals surface area contributed by atoms with E-state index in [-0.39, 0.29) is 10.6 Å². The third-order valence-corrected chi connectivity index (χ3v) is 3.15. The molecule has 0 bridgehead atoms. The Morgan fingerprint density at radius 1 is 1.44 bits per heavy atom. The number of benzene rings is 1. The Labute approximate surface area is 119 Å². The maximum Gasteiger partial charge on any atom is 0.324 e. The van der Waals surface area contributed by atoms with Crippen LogP contribution in [0, 0.1) is 3.57 Å². The quantitative estimate of drug-likeness (QED) is 0.613. The molecule has 0 aliphatic rings. The molecule has 1 N–H and O–H groups in total. The highest BCUT2D eigenvalue weighted by molar-refractivity contribution is 14.1. The number of rotatable bonds is 4. The van der Waals surface area contributed by atoms with Gasteiger partial charge >= 0.3 is 12.3 Å². The van der Waals surface area contributed by atoms with Gasteiger partial charge in [0, 0.05) is 8.59 Å². The van der Waals surface area contributed by atoms with Gasteiger partial charge in [-0.2, -0.15) is 8.78 Å². The summed E-state index contributed by atoms with van der Waals surface area (Å²) in [5, 5.41) is 2.01. The van der Waals surface area contributed by atoms with Gasteiger partial charge in [0.05, 0.1) is 12.1 Å². The third-order valence-electron chi connectivity index (χ3n) is 1.98. The van der Waals surface area contributed by atoms with Gasteiger partial charge in [-0.1, -0.05) is 11.6 Å². The van der Waals surface area contributed by atoms with Crippen LogP contribution in [-0.4, -0.2) is 24.8 Å². The van der Waals surface area contributed by atoms with Crippen LogP contribution >= 0.6 is 34.2 Å². The summed E-state index contributed by atoms with van der Waals surface area (Å²) in [4.78, 5) is 11.5. The molecule has 0 aliphatic carbocycles. The first kappa shape index (κ1) is 15.5. The number of carbonyl (C=O) groups is 1. The first-order chi connectivity index (χ1) is 8.24. The van der Waals surface area contributed by atoms with Crippen molar-refractivity contribution in [2.45, 2.75) is 12.3 Å². The highest BCUT2D eigenvalue weighted by Crippen LogP contribution is 2.22. The average Bonchev–Trinajstić information content (AvgIpc) is 2.29. The second kappa shape index (κ2) is 6.05. The van der Waals surface area contributed by atoms with E-state index in [0.29, 0.717) is 3.57 Å². The number of amides is 1. The lowest BCUT2D eigenvalue weighted by molar-refractivity contribution is -0.123. The molecule has 1 aromatic rings. The van der Waals surface area contributed by atoms with E-state index < -0.39 is 24.8 Å². The summed E-state index contributed by atoms with van der Waals surface area (Å²) < 4.78 is 49.5. The topological polar surface area (TPSA) is 29.1 Å². The van der Waals surface area contributed by atoms with Crippen LogP contribution in [0.1, 0.15) is 10.4 Å². The number of halogens is 6. The molecule has 0 saturated heterocycles. The molecule has 0 atom stereocenters. The first-order valence-electron chi connectivity index (χ1n) is 4.63. The zero-order valence-corrected chi connectivity index (χ0v) is 11.6. The molecule has 1 aromatic carbocycles. The zero-order chi connectivity index (χ0) is 13.9. The van der Waals surface area contributed by atoms with Crippen LogP contribution in [0.15, 0.2) is 18.2 Å². The van der Waals surface area contributed by atoms with Crippen molar-refractivity contribution in [2.75, 3.05) is 6.54 Å². The second-order valence-corrected chi connectivity index (χ2v) is 4.97. The minimum absolute atomic E-state index is 0.0631. The van der Waals surface area contributed by atoms with Crippen LogP contribution < -0.4 is 5.32 Å². The molecular weight excluding hydrogens is 388 g/mol. The minimum atomic E-state index is -4.25. The van der Waals surface area contributed by atoms with Crippen LogP contribution in [0.2, 0.25) is 5.02 Å². The second-order valence-electron chi connectivity index (χ2n) is 3.37. The minimum Gasteiger partial charge on any atom is -0.346 e. The van der Waals surface area contributed by atoms with Gasteiger partial charge in [-0.15, -0.1) is 0 Å². The Bertz CT molecular complexity index is 456. The number of carbonyl (C=O) groups excluding carboxylic acids is 1. The number of hydrogen-bond donors (Lipinski definition) is 1. The van der Waals surface area contributed by atoms with Crippen molar-refractivity contribution in [2.24, 2.45) is 0 Å². The van der Waals surface area contributed by atoms with Gasteiger partial charge in [-0.25, -0.2) is 8.78 Å². The van der Waals surface area contributed by atoms with Crippen LogP contribution in [0.3, 0.4) is 0 Å². The van der Waals surface area contributed by atoms with Crippen molar-refractivity contribution in [1.29, 1.82) is 0 Å². The summed E-state index contributed by atoms with van der Waals surface area (Å²) in [7, 11) is 0. The molecule has 0 aromatic heterocycles. The highest BCUT2D eigenvalue weighted by Gasteiger charge is 2.40. The van der Waals surface area contributed by atoms with Gasteiger partial charge < -0.3 is 5.32 Å². The van der Waals surface area contributed by atoms with Gasteiger partial charge in [-0.05, 0) is 40.8 Å². The maximum absolute atomic E-state index is 12.6. The van der Waals surface area contributed by atoms with E-state index in [9.17, 15) is 22.4 Å². The van der Waals surface area contributed by atoms with Gasteiger partial charge in [0.25, 0.3) is 5.91 Å². The van der Waals surface area contributed by atoms with Crippen LogP contribution in [0.4, 0.5) is 17.6 Å². The van der Waals surface area contributed by atoms with E-state index in [2.05, 4.69) is 0 Å². The number of nitrogens with one attached hydrogen (secondary N) is 1. The van der Waals surface area contributed by atoms with E-state index in [1.807, 2.05) is 22.6 Å². The smallest absolute Gasteiger partial charge is 0.324 e. The van der Waals surface area contributed by atoms with E-state index in [4.69, 9.17) is 11.6 Å². The fourth-order valence-corrected chi connectivity index (χ4v) is 1.79. The van der Waals surface area contributed by atoms with Crippen molar-refractivity contribution in [1.82, 2.24) is 5.32 Å². The Morgan fingerprint density at radius 3 is 2.61 bits per heavy atom. The van der Waals surface area contributed by atoms with Crippen molar-refractivity contribution in [3.63, 3.8) is 0 Å². The monoisotopic (exact) mass is 395 g/mol. The maximum atomic E-state index is 12.6. The molecule has 0 unspecified atom stereocenters. The fourth-order valence-electron chi connectivity index (χ4n) is 1.04. The fraction of sp³-hybridized carbons (Fsp3) is 0.300. The van der Waals surface area contributed by atoms with E-state index in [1.54, 1.807) is 5.32 Å². The van der Waals surface area contributed by atoms with Crippen LogP contribution in [0.25, 0.3) is 0 Å². The van der Waals surface area contributed by atoms with Crippen molar-refractivity contribution in [3.8, 4) is 0 Å². The zero-order valence-electron chi connectivity index (χ0n) is 8.69. The Hall–Kier alpha value is -0.570. The molecule has 1 amide bonds. The Balaban J connectivity index is 2.75. The average molecular weight is 396 g/mol. The molecule has 0 aliphatic heterocycles. The number of hydrogen-bond acceptors (Lipinski definition) is 1. The summed E-state index contributed by atoms with van der Waals surface area (Å²) in [5.41, 5.74) is 0.0631. The van der Waals surface area contributed by atoms with Crippen molar-refractivity contribution in [3.05, 3.63) is 32.4 Å². The Kier molecular flexibility index (Phi) is 5.20. The molecule has 0 spiro atoms. The molecule has 0 saturated carbocycles. The summed E-state index contributed by atoms with van der Waals surface area (Å²) in [5.74, 6) is -5.12. The molecule has 0 heterocycles. The molecule has 100 valence electrons. The SMILES string of the molecule is O=C(NCC(F)(F)C(F)F)c1cc(Cl)ccc1I. The van der Waals surface area contributed by atoms with Crippen molar-refractivity contribution < 1.29 is 22.4 Å². The third kappa shape index (κ3) is 3.98. The standard InChI is InChI=1S/C10H7ClF4INO/c11-5-1-2-7(16)6(3-5)8(18)17-4-10(14,15)9(12)13/h1-3,9H,4H2,(H,17,18). The first-order valence-corrected chi connectivity index (χ1v) is 6.09. The lowest BCUT2D eigenvalue weighted by atomic mass is 10.2. The lowest BCUT2D eigenvalue weighted by Gasteiger charge is -2.16. The van der Waals surface area contributed by atoms with Crippen molar-refractivity contribution >= 4 is 40.1 Å². The molecule has 1 rings (SSSR count). The van der Waals surface area contributed by atoms with Gasteiger partial charge in [0.2, 0.25) is 0 Å². The summed E-state index contributed by atoms with van der Waals surface area (Å²) in [6.07, 6.45) is -3.82. The largest absolute Gasteiger partial charge is 0.346 e. The number of alkyl halides is 4. The van der Waals surface area contributed by atoms with E-state index in [0.717, 1.165) is 0 Å². The highest BCUT2D eigenvalue weighted by atomic mass is 127. The molecule has 18 heavy (non-hydrogen) atoms. The predicted octanol–water partition coefficient (Wildman–Crippen LogP) is 3.57. The predicted molar refractivity (Wildman–Crippen MR) is 67.5 cm³/mol. The molecule has 0 fully saturated rings. The van der Waals surface area contributed by atoms with Crippen LogP contribution in [-0.2, 0) is 0 Å². The summed E-state index contributed by atoms with van der Waals surface area (Å²) in [6.45, 7) is -1.42. The summed E-state index contributed by atoms with van der Waals surface area (Å²) in [6, 6.07) is 4.32. The van der Waals surface area contributed by atoms with Gasteiger partial charge in [0.1, 0.15) is 0 Å². The van der Waals surface area contributed by atoms with Crippen LogP contribution in [0.5, 0.6) is 0 Å². The Morgan fingerprint density at radius 2 is 2.06 bits per heavy atom. The van der Waals surface area contributed by atoms with Gasteiger partial charge in [0.15, 0.2) is 0 Å². The van der Waals surface area contributed by atoms with Gasteiger partial charge in [-0.3, -0.25) is 4.79 Å². The molecular formula is C10H7ClF4INO. The summed E-state index contributed by atoms with van der Waals surface area (Å²) >= 11 is 7.46. The molecule has 8 heteroatoms. The molecule has 0 radical (unpaired) electrons. The normalized spacial score (nSPS) is 11.7. The molecule has 2 nitrogen and oxygen atoms in total.